The molecule has 0 bridgehead atoms. The number of hydrogen-bond donors (Lipinski definition) is 1. The van der Waals surface area contributed by atoms with Crippen molar-refractivity contribution in [2.75, 3.05) is 39.4 Å². The molecule has 0 radical (unpaired) electrons. The molecule has 19 heavy (non-hydrogen) atoms. The van der Waals surface area contributed by atoms with Crippen molar-refractivity contribution >= 4 is 5.91 Å². The zero-order valence-corrected chi connectivity index (χ0v) is 11.3. The molecule has 6 nitrogen and oxygen atoms in total. The highest BCUT2D eigenvalue weighted by Gasteiger charge is 2.09. The maximum Gasteiger partial charge on any atom is 0.221 e. The molecule has 106 valence electrons. The molecule has 1 aliphatic rings. The molecule has 0 unspecified atom stereocenters. The first-order valence-electron chi connectivity index (χ1n) is 6.89. The van der Waals surface area contributed by atoms with E-state index in [1.807, 2.05) is 12.3 Å². The molecule has 0 aromatic carbocycles. The van der Waals surface area contributed by atoms with Crippen LogP contribution in [0.25, 0.3) is 0 Å². The fourth-order valence-corrected chi connectivity index (χ4v) is 2.09. The van der Waals surface area contributed by atoms with E-state index in [0.29, 0.717) is 13.0 Å². The number of rotatable bonds is 7. The van der Waals surface area contributed by atoms with Gasteiger partial charge in [0.15, 0.2) is 0 Å². The summed E-state index contributed by atoms with van der Waals surface area (Å²) >= 11 is 0. The lowest BCUT2D eigenvalue weighted by Gasteiger charge is -2.26. The summed E-state index contributed by atoms with van der Waals surface area (Å²) in [5.74, 6) is 0.0949. The Morgan fingerprint density at radius 1 is 1.32 bits per heavy atom. The van der Waals surface area contributed by atoms with Crippen LogP contribution >= 0.6 is 0 Å². The Bertz CT molecular complexity index is 361. The van der Waals surface area contributed by atoms with E-state index < -0.39 is 0 Å². The topological polar surface area (TPSA) is 59.4 Å². The molecule has 0 atom stereocenters. The molecule has 2 rings (SSSR count). The molecule has 1 saturated heterocycles. The van der Waals surface area contributed by atoms with E-state index in [2.05, 4.69) is 15.3 Å². The van der Waals surface area contributed by atoms with Gasteiger partial charge in [-0.3, -0.25) is 14.4 Å². The first kappa shape index (κ1) is 14.0. The highest BCUT2D eigenvalue weighted by Crippen LogP contribution is 1.97. The molecule has 1 aromatic rings. The number of amides is 1. The molecule has 1 fully saturated rings. The van der Waals surface area contributed by atoms with Crippen LogP contribution in [0.5, 0.6) is 0 Å². The predicted molar refractivity (Wildman–Crippen MR) is 71.7 cm³/mol. The number of ether oxygens (including phenoxy) is 1. The second-order valence-corrected chi connectivity index (χ2v) is 4.68. The number of aryl methyl sites for hydroxylation is 1. The van der Waals surface area contributed by atoms with Crippen LogP contribution in [0.3, 0.4) is 0 Å². The monoisotopic (exact) mass is 266 g/mol. The standard InChI is InChI=1S/C13H22N4O2/c18-13(3-8-17-7-2-5-15-17)14-4-1-6-16-9-11-19-12-10-16/h2,5,7H,1,3-4,6,8-12H2,(H,14,18). The van der Waals surface area contributed by atoms with E-state index in [1.165, 1.54) is 0 Å². The van der Waals surface area contributed by atoms with Crippen LogP contribution in [-0.2, 0) is 16.1 Å². The maximum absolute atomic E-state index is 11.6. The molecule has 0 spiro atoms. The summed E-state index contributed by atoms with van der Waals surface area (Å²) < 4.78 is 7.06. The number of aromatic nitrogens is 2. The van der Waals surface area contributed by atoms with Crippen LogP contribution in [0, 0.1) is 0 Å². The van der Waals surface area contributed by atoms with Crippen LogP contribution in [0.1, 0.15) is 12.8 Å². The van der Waals surface area contributed by atoms with Crippen LogP contribution in [0.15, 0.2) is 18.5 Å². The number of morpholine rings is 1. The Balaban J connectivity index is 1.49. The number of hydrogen-bond acceptors (Lipinski definition) is 4. The van der Waals surface area contributed by atoms with Crippen LogP contribution < -0.4 is 5.32 Å². The molecule has 1 amide bonds. The maximum atomic E-state index is 11.6. The molecule has 0 saturated carbocycles. The fraction of sp³-hybridized carbons (Fsp3) is 0.692. The third kappa shape index (κ3) is 5.40. The van der Waals surface area contributed by atoms with Crippen LogP contribution in [-0.4, -0.2) is 60.0 Å². The first-order valence-corrected chi connectivity index (χ1v) is 6.89. The summed E-state index contributed by atoms with van der Waals surface area (Å²) in [5, 5.41) is 7.01. The highest BCUT2D eigenvalue weighted by molar-refractivity contribution is 5.75. The minimum Gasteiger partial charge on any atom is -0.379 e. The Morgan fingerprint density at radius 2 is 2.16 bits per heavy atom. The van der Waals surface area contributed by atoms with Gasteiger partial charge < -0.3 is 10.1 Å². The quantitative estimate of drug-likeness (QED) is 0.712. The molecule has 1 aliphatic heterocycles. The van der Waals surface area contributed by atoms with E-state index in [4.69, 9.17) is 4.74 Å². The van der Waals surface area contributed by atoms with E-state index in [0.717, 1.165) is 45.8 Å². The Kier molecular flexibility index (Phi) is 5.84. The molecule has 1 aromatic heterocycles. The van der Waals surface area contributed by atoms with Gasteiger partial charge in [-0.1, -0.05) is 0 Å². The van der Waals surface area contributed by atoms with Gasteiger partial charge in [-0.2, -0.15) is 5.10 Å². The zero-order chi connectivity index (χ0) is 13.3. The predicted octanol–water partition coefficient (Wildman–Crippen LogP) is 0.112. The van der Waals surface area contributed by atoms with Gasteiger partial charge in [-0.15, -0.1) is 0 Å². The molecular formula is C13H22N4O2. The Morgan fingerprint density at radius 3 is 2.89 bits per heavy atom. The normalized spacial score (nSPS) is 16.4. The largest absolute Gasteiger partial charge is 0.379 e. The number of nitrogens with zero attached hydrogens (tertiary/aromatic N) is 3. The first-order chi connectivity index (χ1) is 9.34. The zero-order valence-electron chi connectivity index (χ0n) is 11.3. The van der Waals surface area contributed by atoms with Gasteiger partial charge in [0.05, 0.1) is 13.2 Å². The van der Waals surface area contributed by atoms with Gasteiger partial charge in [0, 0.05) is 45.0 Å². The second kappa shape index (κ2) is 7.91. The summed E-state index contributed by atoms with van der Waals surface area (Å²) in [6.07, 6.45) is 5.07. The van der Waals surface area contributed by atoms with Crippen molar-refractivity contribution in [3.63, 3.8) is 0 Å². The van der Waals surface area contributed by atoms with Gasteiger partial charge in [0.2, 0.25) is 5.91 Å². The van der Waals surface area contributed by atoms with Gasteiger partial charge >= 0.3 is 0 Å². The number of carbonyl (C=O) groups is 1. The highest BCUT2D eigenvalue weighted by atomic mass is 16.5. The summed E-state index contributed by atoms with van der Waals surface area (Å²) in [6.45, 7) is 6.09. The van der Waals surface area contributed by atoms with E-state index in [9.17, 15) is 4.79 Å². The summed E-state index contributed by atoms with van der Waals surface area (Å²) in [4.78, 5) is 14.0. The summed E-state index contributed by atoms with van der Waals surface area (Å²) in [6, 6.07) is 1.86. The third-order valence-corrected chi connectivity index (χ3v) is 3.20. The molecular weight excluding hydrogens is 244 g/mol. The van der Waals surface area contributed by atoms with E-state index in [-0.39, 0.29) is 5.91 Å². The Hall–Kier alpha value is -1.40. The number of carbonyl (C=O) groups excluding carboxylic acids is 1. The van der Waals surface area contributed by atoms with Crippen molar-refractivity contribution in [1.82, 2.24) is 20.0 Å². The third-order valence-electron chi connectivity index (χ3n) is 3.20. The van der Waals surface area contributed by atoms with Crippen molar-refractivity contribution in [2.45, 2.75) is 19.4 Å². The average Bonchev–Trinajstić information content (AvgIpc) is 2.96. The minimum atomic E-state index is 0.0949. The smallest absolute Gasteiger partial charge is 0.221 e. The van der Waals surface area contributed by atoms with Crippen molar-refractivity contribution in [1.29, 1.82) is 0 Å². The van der Waals surface area contributed by atoms with Gasteiger partial charge in [0.1, 0.15) is 0 Å². The lowest BCUT2D eigenvalue weighted by Crippen LogP contribution is -2.38. The van der Waals surface area contributed by atoms with Gasteiger partial charge in [-0.05, 0) is 19.0 Å². The van der Waals surface area contributed by atoms with E-state index in [1.54, 1.807) is 10.9 Å². The average molecular weight is 266 g/mol. The van der Waals surface area contributed by atoms with Crippen molar-refractivity contribution in [3.05, 3.63) is 18.5 Å². The Labute approximate surface area is 113 Å². The molecule has 1 N–H and O–H groups in total. The van der Waals surface area contributed by atoms with Gasteiger partial charge in [-0.25, -0.2) is 0 Å². The van der Waals surface area contributed by atoms with Crippen LogP contribution in [0.2, 0.25) is 0 Å². The second-order valence-electron chi connectivity index (χ2n) is 4.68. The SMILES string of the molecule is O=C(CCn1cccn1)NCCCN1CCOCC1. The van der Waals surface area contributed by atoms with Crippen molar-refractivity contribution in [3.8, 4) is 0 Å². The van der Waals surface area contributed by atoms with Crippen molar-refractivity contribution in [2.24, 2.45) is 0 Å². The lowest BCUT2D eigenvalue weighted by molar-refractivity contribution is -0.121. The van der Waals surface area contributed by atoms with E-state index >= 15 is 0 Å². The lowest BCUT2D eigenvalue weighted by atomic mass is 10.3. The fourth-order valence-electron chi connectivity index (χ4n) is 2.09. The summed E-state index contributed by atoms with van der Waals surface area (Å²) in [7, 11) is 0. The molecule has 2 heterocycles. The number of nitrogens with one attached hydrogen (secondary N) is 1. The minimum absolute atomic E-state index is 0.0949. The van der Waals surface area contributed by atoms with Crippen LogP contribution in [0.4, 0.5) is 0 Å². The summed E-state index contributed by atoms with van der Waals surface area (Å²) in [5.41, 5.74) is 0. The van der Waals surface area contributed by atoms with Gasteiger partial charge in [0.25, 0.3) is 0 Å². The molecule has 0 aliphatic carbocycles. The van der Waals surface area contributed by atoms with Crippen molar-refractivity contribution < 1.29 is 9.53 Å². The molecule has 6 heteroatoms.